The van der Waals surface area contributed by atoms with Gasteiger partial charge in [0.1, 0.15) is 17.7 Å². The van der Waals surface area contributed by atoms with Gasteiger partial charge in [-0.05, 0) is 25.7 Å². The SMILES string of the molecule is Cc1nc(N2CCC(C)CC2C(=O)O)cc(=O)[nH]1. The zero-order valence-electron chi connectivity index (χ0n) is 10.5. The third-order valence-electron chi connectivity index (χ3n) is 3.29. The predicted octanol–water partition coefficient (Wildman–Crippen LogP) is 0.768. The van der Waals surface area contributed by atoms with Crippen LogP contribution in [0.2, 0.25) is 0 Å². The Morgan fingerprint density at radius 1 is 1.61 bits per heavy atom. The van der Waals surface area contributed by atoms with Gasteiger partial charge < -0.3 is 15.0 Å². The third-order valence-corrected chi connectivity index (χ3v) is 3.29. The quantitative estimate of drug-likeness (QED) is 0.810. The maximum atomic E-state index is 11.4. The lowest BCUT2D eigenvalue weighted by molar-refractivity contribution is -0.139. The number of carbonyl (C=O) groups is 1. The second-order valence-electron chi connectivity index (χ2n) is 4.87. The minimum absolute atomic E-state index is 0.250. The molecule has 1 saturated heterocycles. The van der Waals surface area contributed by atoms with E-state index in [1.165, 1.54) is 6.07 Å². The van der Waals surface area contributed by atoms with Crippen molar-refractivity contribution in [3.63, 3.8) is 0 Å². The molecule has 0 aromatic carbocycles. The molecule has 0 spiro atoms. The van der Waals surface area contributed by atoms with E-state index in [0.717, 1.165) is 6.42 Å². The number of piperidine rings is 1. The molecular weight excluding hydrogens is 234 g/mol. The summed E-state index contributed by atoms with van der Waals surface area (Å²) in [7, 11) is 0. The van der Waals surface area contributed by atoms with Crippen LogP contribution in [-0.4, -0.2) is 33.6 Å². The monoisotopic (exact) mass is 251 g/mol. The van der Waals surface area contributed by atoms with Gasteiger partial charge in [0.25, 0.3) is 5.56 Å². The minimum Gasteiger partial charge on any atom is -0.480 e. The summed E-state index contributed by atoms with van der Waals surface area (Å²) in [6.07, 6.45) is 1.50. The molecule has 0 radical (unpaired) electrons. The highest BCUT2D eigenvalue weighted by molar-refractivity contribution is 5.78. The number of hydrogen-bond acceptors (Lipinski definition) is 4. The molecule has 1 aromatic rings. The Bertz CT molecular complexity index is 512. The molecule has 6 heteroatoms. The van der Waals surface area contributed by atoms with Crippen LogP contribution in [0.25, 0.3) is 0 Å². The van der Waals surface area contributed by atoms with Gasteiger partial charge in [0.15, 0.2) is 0 Å². The third kappa shape index (κ3) is 2.52. The summed E-state index contributed by atoms with van der Waals surface area (Å²) in [4.78, 5) is 31.2. The van der Waals surface area contributed by atoms with Crippen LogP contribution in [0.5, 0.6) is 0 Å². The van der Waals surface area contributed by atoms with E-state index in [1.807, 2.05) is 6.92 Å². The first-order valence-corrected chi connectivity index (χ1v) is 6.05. The van der Waals surface area contributed by atoms with Crippen LogP contribution in [-0.2, 0) is 4.79 Å². The maximum absolute atomic E-state index is 11.4. The molecule has 0 saturated carbocycles. The summed E-state index contributed by atoms with van der Waals surface area (Å²) in [5.41, 5.74) is -0.250. The molecule has 0 amide bonds. The van der Waals surface area contributed by atoms with Crippen molar-refractivity contribution in [3.8, 4) is 0 Å². The number of carboxylic acid groups (broad SMARTS) is 1. The van der Waals surface area contributed by atoms with Gasteiger partial charge in [-0.25, -0.2) is 9.78 Å². The van der Waals surface area contributed by atoms with Gasteiger partial charge >= 0.3 is 5.97 Å². The van der Waals surface area contributed by atoms with E-state index >= 15 is 0 Å². The number of H-pyrrole nitrogens is 1. The Morgan fingerprint density at radius 2 is 2.33 bits per heavy atom. The van der Waals surface area contributed by atoms with Gasteiger partial charge in [-0.3, -0.25) is 4.79 Å². The smallest absolute Gasteiger partial charge is 0.326 e. The van der Waals surface area contributed by atoms with Crippen LogP contribution < -0.4 is 10.5 Å². The fraction of sp³-hybridized carbons (Fsp3) is 0.583. The van der Waals surface area contributed by atoms with Crippen molar-refractivity contribution < 1.29 is 9.90 Å². The van der Waals surface area contributed by atoms with Crippen LogP contribution in [0.4, 0.5) is 5.82 Å². The van der Waals surface area contributed by atoms with E-state index in [4.69, 9.17) is 0 Å². The molecule has 18 heavy (non-hydrogen) atoms. The molecule has 2 heterocycles. The molecule has 2 rings (SSSR count). The minimum atomic E-state index is -0.860. The average Bonchev–Trinajstić information content (AvgIpc) is 2.27. The number of aliphatic carboxylic acids is 1. The Morgan fingerprint density at radius 3 is 2.94 bits per heavy atom. The number of nitrogens with one attached hydrogen (secondary N) is 1. The molecule has 1 aliphatic rings. The summed E-state index contributed by atoms with van der Waals surface area (Å²) in [6.45, 7) is 4.35. The van der Waals surface area contributed by atoms with Crippen LogP contribution in [0, 0.1) is 12.8 Å². The normalized spacial score (nSPS) is 24.0. The molecule has 2 unspecified atom stereocenters. The number of anilines is 1. The van der Waals surface area contributed by atoms with Crippen LogP contribution in [0.15, 0.2) is 10.9 Å². The van der Waals surface area contributed by atoms with Gasteiger partial charge in [-0.15, -0.1) is 0 Å². The molecule has 2 atom stereocenters. The number of aryl methyl sites for hydroxylation is 1. The molecule has 98 valence electrons. The second-order valence-corrected chi connectivity index (χ2v) is 4.87. The van der Waals surface area contributed by atoms with Gasteiger partial charge in [0.2, 0.25) is 0 Å². The second kappa shape index (κ2) is 4.80. The summed E-state index contributed by atoms with van der Waals surface area (Å²) in [5.74, 6) is 0.475. The van der Waals surface area contributed by atoms with Crippen molar-refractivity contribution in [2.24, 2.45) is 5.92 Å². The van der Waals surface area contributed by atoms with Crippen molar-refractivity contribution in [1.29, 1.82) is 0 Å². The molecule has 0 aliphatic carbocycles. The molecule has 2 N–H and O–H groups in total. The molecular formula is C12H17N3O3. The zero-order chi connectivity index (χ0) is 13.3. The highest BCUT2D eigenvalue weighted by Crippen LogP contribution is 2.26. The standard InChI is InChI=1S/C12H17N3O3/c1-7-3-4-15(9(5-7)12(17)18)10-6-11(16)14-8(2)13-10/h6-7,9H,3-5H2,1-2H3,(H,17,18)(H,13,14,16). The van der Waals surface area contributed by atoms with E-state index in [2.05, 4.69) is 9.97 Å². The molecule has 6 nitrogen and oxygen atoms in total. The number of carboxylic acids is 1. The van der Waals surface area contributed by atoms with Gasteiger partial charge in [0, 0.05) is 12.6 Å². The zero-order valence-corrected chi connectivity index (χ0v) is 10.5. The lowest BCUT2D eigenvalue weighted by atomic mass is 9.92. The maximum Gasteiger partial charge on any atom is 0.326 e. The van der Waals surface area contributed by atoms with E-state index < -0.39 is 12.0 Å². The van der Waals surface area contributed by atoms with Crippen molar-refractivity contribution in [2.75, 3.05) is 11.4 Å². The molecule has 1 fully saturated rings. The Hall–Kier alpha value is -1.85. The van der Waals surface area contributed by atoms with E-state index in [-0.39, 0.29) is 5.56 Å². The fourth-order valence-corrected chi connectivity index (χ4v) is 2.36. The highest BCUT2D eigenvalue weighted by Gasteiger charge is 2.32. The van der Waals surface area contributed by atoms with Gasteiger partial charge in [0.05, 0.1) is 0 Å². The lowest BCUT2D eigenvalue weighted by Crippen LogP contribution is -2.47. The number of aromatic nitrogens is 2. The first-order chi connectivity index (χ1) is 8.47. The number of hydrogen-bond donors (Lipinski definition) is 2. The first-order valence-electron chi connectivity index (χ1n) is 6.05. The fourth-order valence-electron chi connectivity index (χ4n) is 2.36. The Kier molecular flexibility index (Phi) is 3.36. The Labute approximate surface area is 105 Å². The topological polar surface area (TPSA) is 86.3 Å². The molecule has 1 aliphatic heterocycles. The van der Waals surface area contributed by atoms with Crippen molar-refractivity contribution in [1.82, 2.24) is 9.97 Å². The highest BCUT2D eigenvalue weighted by atomic mass is 16.4. The molecule has 0 bridgehead atoms. The number of rotatable bonds is 2. The van der Waals surface area contributed by atoms with Gasteiger partial charge in [-0.2, -0.15) is 0 Å². The summed E-state index contributed by atoms with van der Waals surface area (Å²) < 4.78 is 0. The van der Waals surface area contributed by atoms with Crippen LogP contribution >= 0.6 is 0 Å². The first kappa shape index (κ1) is 12.6. The summed E-state index contributed by atoms with van der Waals surface area (Å²) >= 11 is 0. The van der Waals surface area contributed by atoms with Crippen LogP contribution in [0.1, 0.15) is 25.6 Å². The lowest BCUT2D eigenvalue weighted by Gasteiger charge is -2.36. The van der Waals surface area contributed by atoms with Crippen molar-refractivity contribution >= 4 is 11.8 Å². The summed E-state index contributed by atoms with van der Waals surface area (Å²) in [5, 5.41) is 9.27. The predicted molar refractivity (Wildman–Crippen MR) is 66.8 cm³/mol. The summed E-state index contributed by atoms with van der Waals surface area (Å²) in [6, 6.07) is 0.765. The number of aromatic amines is 1. The largest absolute Gasteiger partial charge is 0.480 e. The average molecular weight is 251 g/mol. The van der Waals surface area contributed by atoms with Crippen molar-refractivity contribution in [3.05, 3.63) is 22.2 Å². The van der Waals surface area contributed by atoms with E-state index in [1.54, 1.807) is 11.8 Å². The van der Waals surface area contributed by atoms with E-state index in [9.17, 15) is 14.7 Å². The Balaban J connectivity index is 2.35. The molecule has 1 aromatic heterocycles. The van der Waals surface area contributed by atoms with Gasteiger partial charge in [-0.1, -0.05) is 6.92 Å². The van der Waals surface area contributed by atoms with Crippen LogP contribution in [0.3, 0.4) is 0 Å². The number of nitrogens with zero attached hydrogens (tertiary/aromatic N) is 2. The van der Waals surface area contributed by atoms with E-state index in [0.29, 0.717) is 30.5 Å². The van der Waals surface area contributed by atoms with Crippen molar-refractivity contribution in [2.45, 2.75) is 32.7 Å².